The molecule has 0 rings (SSSR count). The third kappa shape index (κ3) is 29.8. The maximum atomic E-state index is 6.70. The van der Waals surface area contributed by atoms with Gasteiger partial charge in [-0.3, -0.25) is 0 Å². The third-order valence-electron chi connectivity index (χ3n) is 11.4. The lowest BCUT2D eigenvalue weighted by molar-refractivity contribution is 0.178. The van der Waals surface area contributed by atoms with Gasteiger partial charge >= 0.3 is 17.1 Å². The zero-order valence-electron chi connectivity index (χ0n) is 38.9. The van der Waals surface area contributed by atoms with Gasteiger partial charge in [-0.1, -0.05) is 229 Å². The van der Waals surface area contributed by atoms with Gasteiger partial charge in [0.25, 0.3) is 0 Å². The summed E-state index contributed by atoms with van der Waals surface area (Å²) in [5, 5.41) is 0. The van der Waals surface area contributed by atoms with E-state index in [1.165, 1.54) is 180 Å². The van der Waals surface area contributed by atoms with Crippen molar-refractivity contribution in [1.29, 1.82) is 0 Å². The van der Waals surface area contributed by atoms with E-state index in [0.29, 0.717) is 9.75 Å². The predicted octanol–water partition coefficient (Wildman–Crippen LogP) is 18.3. The van der Waals surface area contributed by atoms with Crippen LogP contribution in [0.1, 0.15) is 248 Å². The molecule has 0 aliphatic rings. The Morgan fingerprint density at radius 3 is 0.714 bits per heavy atom. The Morgan fingerprint density at radius 2 is 0.518 bits per heavy atom. The first-order valence-corrected chi connectivity index (χ1v) is 33.8. The van der Waals surface area contributed by atoms with E-state index in [2.05, 4.69) is 55.4 Å². The molecule has 0 saturated carbocycles. The Balaban J connectivity index is 4.78. The van der Waals surface area contributed by atoms with Crippen molar-refractivity contribution in [2.24, 2.45) is 0 Å². The van der Waals surface area contributed by atoms with E-state index in [4.69, 9.17) is 17.7 Å². The van der Waals surface area contributed by atoms with Crippen LogP contribution in [0, 0.1) is 0 Å². The van der Waals surface area contributed by atoms with Crippen LogP contribution < -0.4 is 0 Å². The summed E-state index contributed by atoms with van der Waals surface area (Å²) in [6.07, 6.45) is 41.2. The first-order chi connectivity index (χ1) is 27.5. The topological polar surface area (TPSA) is 36.9 Å². The van der Waals surface area contributed by atoms with Crippen molar-refractivity contribution in [2.75, 3.05) is 26.4 Å². The molecule has 4 nitrogen and oxygen atoms in total. The summed E-state index contributed by atoms with van der Waals surface area (Å²) in [7, 11) is 3.28. The molecule has 0 aliphatic heterocycles. The van der Waals surface area contributed by atoms with Crippen molar-refractivity contribution in [2.45, 2.75) is 270 Å². The van der Waals surface area contributed by atoms with Gasteiger partial charge < -0.3 is 17.7 Å². The highest BCUT2D eigenvalue weighted by Gasteiger charge is 2.47. The lowest BCUT2D eigenvalue weighted by atomic mass is 10.0. The summed E-state index contributed by atoms with van der Waals surface area (Å²) in [6.45, 7) is 21.0. The molecule has 0 aromatic rings. The molecule has 10 heteroatoms. The summed E-state index contributed by atoms with van der Waals surface area (Å²) in [5.41, 5.74) is 0. The summed E-state index contributed by atoms with van der Waals surface area (Å²) < 4.78 is 26.8. The average molecular weight is 900 g/mol. The molecule has 2 unspecified atom stereocenters. The van der Waals surface area contributed by atoms with Gasteiger partial charge in [0.2, 0.25) is 0 Å². The molecule has 0 spiro atoms. The molecule has 0 radical (unpaired) electrons. The Kier molecular flexibility index (Phi) is 44.6. The second-order valence-corrected chi connectivity index (χ2v) is 30.0. The fourth-order valence-electron chi connectivity index (χ4n) is 8.21. The molecular formula is C46H98O4S4Si2. The zero-order chi connectivity index (χ0) is 41.3. The number of rotatable bonds is 47. The monoisotopic (exact) mass is 899 g/mol. The normalized spacial score (nSPS) is 13.5. The van der Waals surface area contributed by atoms with Crippen molar-refractivity contribution in [3.8, 4) is 0 Å². The molecule has 56 heavy (non-hydrogen) atoms. The van der Waals surface area contributed by atoms with Gasteiger partial charge in [-0.2, -0.15) is 0 Å². The van der Waals surface area contributed by atoms with Gasteiger partial charge in [0, 0.05) is 26.4 Å². The molecule has 0 heterocycles. The van der Waals surface area contributed by atoms with Crippen molar-refractivity contribution >= 4 is 58.4 Å². The molecular weight excluding hydrogens is 801 g/mol. The van der Waals surface area contributed by atoms with E-state index in [1.807, 2.05) is 41.2 Å². The van der Waals surface area contributed by atoms with Crippen LogP contribution in [0.3, 0.4) is 0 Å². The molecule has 0 aliphatic carbocycles. The van der Waals surface area contributed by atoms with Gasteiger partial charge in [-0.15, -0.1) is 0 Å². The first kappa shape index (κ1) is 57.7. The molecule has 338 valence electrons. The van der Waals surface area contributed by atoms with E-state index in [-0.39, 0.29) is 0 Å². The first-order valence-electron chi connectivity index (χ1n) is 24.7. The van der Waals surface area contributed by atoms with Gasteiger partial charge in [-0.25, -0.2) is 0 Å². The number of hydrogen-bond acceptors (Lipinski definition) is 8. The van der Waals surface area contributed by atoms with Gasteiger partial charge in [0.15, 0.2) is 0 Å². The average Bonchev–Trinajstić information content (AvgIpc) is 3.19. The third-order valence-corrected chi connectivity index (χ3v) is 30.0. The van der Waals surface area contributed by atoms with E-state index < -0.39 is 17.1 Å². The van der Waals surface area contributed by atoms with Crippen LogP contribution in [0.5, 0.6) is 0 Å². The largest absolute Gasteiger partial charge is 0.394 e. The smallest absolute Gasteiger partial charge is 0.352 e. The maximum Gasteiger partial charge on any atom is 0.352 e. The van der Waals surface area contributed by atoms with Gasteiger partial charge in [0.1, 0.15) is 0 Å². The molecule has 0 saturated heterocycles. The Labute approximate surface area is 370 Å². The quantitative estimate of drug-likeness (QED) is 0.0340. The highest BCUT2D eigenvalue weighted by Crippen LogP contribution is 2.52. The summed E-state index contributed by atoms with van der Waals surface area (Å²) in [5.74, 6) is 0. The number of unbranched alkanes of at least 4 members (excludes halogenated alkanes) is 26. The minimum Gasteiger partial charge on any atom is -0.394 e. The van der Waals surface area contributed by atoms with E-state index >= 15 is 0 Å². The maximum absolute atomic E-state index is 6.70. The molecule has 0 amide bonds. The summed E-state index contributed by atoms with van der Waals surface area (Å²) >= 11 is 0. The van der Waals surface area contributed by atoms with Crippen LogP contribution in [0.4, 0.5) is 0 Å². The van der Waals surface area contributed by atoms with E-state index in [9.17, 15) is 0 Å². The van der Waals surface area contributed by atoms with Gasteiger partial charge in [0.05, 0.1) is 9.75 Å². The molecule has 0 aromatic carbocycles. The standard InChI is InChI=1S/C46H98O4S4Si2/c1-9-17-19-21-23-25-27-29-31-33-35-37-39-41-43-55(47-13-5,48-14-6)45(11-3)51-53-54-52-46(12-4)56(49-15-7,50-16-8)44-42-40-38-36-34-32-30-28-26-24-22-20-18-10-2/h45-46H,9-44H2,1-8H3. The predicted molar refractivity (Wildman–Crippen MR) is 267 cm³/mol. The van der Waals surface area contributed by atoms with Crippen molar-refractivity contribution in [3.63, 3.8) is 0 Å². The van der Waals surface area contributed by atoms with Crippen molar-refractivity contribution in [3.05, 3.63) is 0 Å². The zero-order valence-corrected chi connectivity index (χ0v) is 44.1. The molecule has 2 atom stereocenters. The molecule has 0 aromatic heterocycles. The van der Waals surface area contributed by atoms with Gasteiger partial charge in [-0.05, 0) is 72.3 Å². The van der Waals surface area contributed by atoms with Crippen LogP contribution >= 0.6 is 41.2 Å². The van der Waals surface area contributed by atoms with Crippen LogP contribution in [0.15, 0.2) is 0 Å². The molecule has 0 bridgehead atoms. The minimum atomic E-state index is -2.34. The molecule has 0 fully saturated rings. The summed E-state index contributed by atoms with van der Waals surface area (Å²) in [4.78, 5) is 0.859. The van der Waals surface area contributed by atoms with Crippen LogP contribution in [-0.4, -0.2) is 53.3 Å². The fraction of sp³-hybridized carbons (Fsp3) is 1.00. The fourth-order valence-corrected chi connectivity index (χ4v) is 28.6. The van der Waals surface area contributed by atoms with Crippen LogP contribution in [0.25, 0.3) is 0 Å². The highest BCUT2D eigenvalue weighted by molar-refractivity contribution is 9.26. The highest BCUT2D eigenvalue weighted by atomic mass is 33.7. The second-order valence-electron chi connectivity index (χ2n) is 16.2. The lowest BCUT2D eigenvalue weighted by Gasteiger charge is -2.37. The minimum absolute atomic E-state index is 0.430. The number of hydrogen-bond donors (Lipinski definition) is 0. The van der Waals surface area contributed by atoms with Crippen molar-refractivity contribution < 1.29 is 17.7 Å². The van der Waals surface area contributed by atoms with Crippen LogP contribution in [-0.2, 0) is 17.7 Å². The Hall–Kier alpha value is 1.67. The van der Waals surface area contributed by atoms with E-state index in [0.717, 1.165) is 51.4 Å². The van der Waals surface area contributed by atoms with Crippen molar-refractivity contribution in [1.82, 2.24) is 0 Å². The lowest BCUT2D eigenvalue weighted by Crippen LogP contribution is -2.52. The Morgan fingerprint density at radius 1 is 0.304 bits per heavy atom. The SMILES string of the molecule is CCCCCCCCCCCCCCCC[Si](OCC)(OCC)C(CC)SSSSC(CC)[Si](CCCCCCCCCCCCCCCC)(OCC)OCC. The summed E-state index contributed by atoms with van der Waals surface area (Å²) in [6, 6.07) is 2.25. The molecule has 0 N–H and O–H groups in total. The van der Waals surface area contributed by atoms with Crippen LogP contribution in [0.2, 0.25) is 12.1 Å². The second kappa shape index (κ2) is 43.3. The van der Waals surface area contributed by atoms with E-state index in [1.54, 1.807) is 0 Å². The Bertz CT molecular complexity index is 713.